The van der Waals surface area contributed by atoms with Gasteiger partial charge in [0.1, 0.15) is 5.76 Å². The highest BCUT2D eigenvalue weighted by molar-refractivity contribution is 5.19. The normalized spacial score (nSPS) is 17.5. The van der Waals surface area contributed by atoms with Crippen molar-refractivity contribution in [2.24, 2.45) is 11.8 Å². The number of ether oxygens (including phenoxy) is 1. The molecule has 0 radical (unpaired) electrons. The van der Waals surface area contributed by atoms with Crippen molar-refractivity contribution in [3.8, 4) is 0 Å². The predicted molar refractivity (Wildman–Crippen MR) is 51.5 cm³/mol. The van der Waals surface area contributed by atoms with Crippen molar-refractivity contribution in [1.82, 2.24) is 0 Å². The summed E-state index contributed by atoms with van der Waals surface area (Å²) in [7, 11) is 0. The molecule has 0 bridgehead atoms. The molecule has 1 heteroatoms. The van der Waals surface area contributed by atoms with Crippen LogP contribution in [-0.2, 0) is 4.74 Å². The van der Waals surface area contributed by atoms with Crippen LogP contribution in [-0.4, -0.2) is 0 Å². The summed E-state index contributed by atoms with van der Waals surface area (Å²) < 4.78 is 5.51. The maximum atomic E-state index is 5.51. The van der Waals surface area contributed by atoms with Crippen molar-refractivity contribution in [3.05, 3.63) is 23.7 Å². The fraction of sp³-hybridized carbons (Fsp3) is 0.636. The second-order valence-corrected chi connectivity index (χ2v) is 3.89. The van der Waals surface area contributed by atoms with Crippen LogP contribution in [0.5, 0.6) is 0 Å². The Balaban J connectivity index is 2.85. The third-order valence-electron chi connectivity index (χ3n) is 2.17. The fourth-order valence-corrected chi connectivity index (χ4v) is 1.50. The van der Waals surface area contributed by atoms with Crippen molar-refractivity contribution < 1.29 is 4.74 Å². The van der Waals surface area contributed by atoms with Gasteiger partial charge in [0, 0.05) is 5.92 Å². The zero-order chi connectivity index (χ0) is 9.14. The summed E-state index contributed by atoms with van der Waals surface area (Å²) in [6.45, 7) is 8.80. The number of hydrogen-bond acceptors (Lipinski definition) is 1. The first-order chi connectivity index (χ1) is 5.63. The molecular formula is C11H18O. The first kappa shape index (κ1) is 9.37. The van der Waals surface area contributed by atoms with E-state index in [1.54, 1.807) is 6.26 Å². The molecule has 0 atom stereocenters. The van der Waals surface area contributed by atoms with Crippen molar-refractivity contribution in [2.75, 3.05) is 0 Å². The third-order valence-corrected chi connectivity index (χ3v) is 2.17. The topological polar surface area (TPSA) is 9.23 Å². The van der Waals surface area contributed by atoms with Crippen LogP contribution < -0.4 is 0 Å². The first-order valence-corrected chi connectivity index (χ1v) is 4.67. The van der Waals surface area contributed by atoms with E-state index in [2.05, 4.69) is 33.8 Å². The molecule has 0 aliphatic carbocycles. The Bertz CT molecular complexity index is 187. The molecule has 0 aromatic rings. The Kier molecular flexibility index (Phi) is 2.96. The van der Waals surface area contributed by atoms with Gasteiger partial charge in [-0.25, -0.2) is 0 Å². The van der Waals surface area contributed by atoms with Gasteiger partial charge in [0.15, 0.2) is 0 Å². The van der Waals surface area contributed by atoms with E-state index < -0.39 is 0 Å². The fourth-order valence-electron chi connectivity index (χ4n) is 1.50. The van der Waals surface area contributed by atoms with Gasteiger partial charge in [0.25, 0.3) is 0 Å². The monoisotopic (exact) mass is 166 g/mol. The number of hydrogen-bond donors (Lipinski definition) is 0. The van der Waals surface area contributed by atoms with Crippen molar-refractivity contribution in [3.63, 3.8) is 0 Å². The summed E-state index contributed by atoms with van der Waals surface area (Å²) in [6.07, 6.45) is 4.95. The molecule has 0 fully saturated rings. The molecule has 0 spiro atoms. The smallest absolute Gasteiger partial charge is 0.105 e. The van der Waals surface area contributed by atoms with Crippen molar-refractivity contribution in [2.45, 2.75) is 34.1 Å². The van der Waals surface area contributed by atoms with E-state index in [1.165, 1.54) is 11.3 Å². The quantitative estimate of drug-likeness (QED) is 0.610. The van der Waals surface area contributed by atoms with Crippen LogP contribution in [0.3, 0.4) is 0 Å². The largest absolute Gasteiger partial charge is 0.469 e. The molecule has 0 aromatic carbocycles. The molecule has 0 amide bonds. The highest BCUT2D eigenvalue weighted by Crippen LogP contribution is 2.28. The first-order valence-electron chi connectivity index (χ1n) is 4.67. The lowest BCUT2D eigenvalue weighted by Gasteiger charge is -2.22. The van der Waals surface area contributed by atoms with Gasteiger partial charge in [-0.05, 0) is 24.0 Å². The Morgan fingerprint density at radius 3 is 2.25 bits per heavy atom. The van der Waals surface area contributed by atoms with Crippen LogP contribution in [0.15, 0.2) is 23.7 Å². The van der Waals surface area contributed by atoms with Gasteiger partial charge in [-0.15, -0.1) is 0 Å². The van der Waals surface area contributed by atoms with Crippen LogP contribution in [0.1, 0.15) is 34.1 Å². The molecule has 0 aromatic heterocycles. The highest BCUT2D eigenvalue weighted by Gasteiger charge is 2.16. The Hall–Kier alpha value is -0.720. The lowest BCUT2D eigenvalue weighted by molar-refractivity contribution is 0.283. The van der Waals surface area contributed by atoms with Crippen LogP contribution in [0.2, 0.25) is 0 Å². The summed E-state index contributed by atoms with van der Waals surface area (Å²) in [6, 6.07) is 0. The number of allylic oxidation sites excluding steroid dienone is 3. The standard InChI is InChI=1S/C11H18O/c1-8(2)10-6-5-7-12-11(10)9(3)4/h5,7-9H,6H2,1-4H3. The van der Waals surface area contributed by atoms with Crippen LogP contribution in [0, 0.1) is 11.8 Å². The van der Waals surface area contributed by atoms with Crippen LogP contribution >= 0.6 is 0 Å². The van der Waals surface area contributed by atoms with E-state index in [-0.39, 0.29) is 0 Å². The SMILES string of the molecule is CC(C)C1=C(C(C)C)OC=CC1. The molecule has 1 nitrogen and oxygen atoms in total. The lowest BCUT2D eigenvalue weighted by atomic mass is 9.93. The minimum Gasteiger partial charge on any atom is -0.469 e. The zero-order valence-electron chi connectivity index (χ0n) is 8.42. The molecule has 68 valence electrons. The average Bonchev–Trinajstić information content (AvgIpc) is 2.04. The molecule has 1 aliphatic heterocycles. The molecule has 0 saturated carbocycles. The van der Waals surface area contributed by atoms with Gasteiger partial charge in [0.2, 0.25) is 0 Å². The van der Waals surface area contributed by atoms with E-state index in [0.717, 1.165) is 6.42 Å². The lowest BCUT2D eigenvalue weighted by Crippen LogP contribution is -2.08. The molecule has 12 heavy (non-hydrogen) atoms. The van der Waals surface area contributed by atoms with Gasteiger partial charge >= 0.3 is 0 Å². The minimum absolute atomic E-state index is 0.507. The summed E-state index contributed by atoms with van der Waals surface area (Å²) in [5.41, 5.74) is 1.45. The second kappa shape index (κ2) is 3.79. The summed E-state index contributed by atoms with van der Waals surface area (Å²) in [5, 5.41) is 0. The minimum atomic E-state index is 0.507. The van der Waals surface area contributed by atoms with E-state index in [4.69, 9.17) is 4.74 Å². The molecule has 0 unspecified atom stereocenters. The molecule has 1 rings (SSSR count). The zero-order valence-corrected chi connectivity index (χ0v) is 8.42. The number of rotatable bonds is 2. The Morgan fingerprint density at radius 1 is 1.17 bits per heavy atom. The second-order valence-electron chi connectivity index (χ2n) is 3.89. The Labute approximate surface area is 75.1 Å². The maximum Gasteiger partial charge on any atom is 0.105 e. The van der Waals surface area contributed by atoms with Crippen LogP contribution in [0.4, 0.5) is 0 Å². The summed E-state index contributed by atoms with van der Waals surface area (Å²) >= 11 is 0. The molecule has 0 N–H and O–H groups in total. The van der Waals surface area contributed by atoms with Gasteiger partial charge < -0.3 is 4.74 Å². The molecule has 1 heterocycles. The molecule has 1 aliphatic rings. The average molecular weight is 166 g/mol. The van der Waals surface area contributed by atoms with E-state index in [1.807, 2.05) is 0 Å². The van der Waals surface area contributed by atoms with Gasteiger partial charge in [-0.1, -0.05) is 27.7 Å². The van der Waals surface area contributed by atoms with Gasteiger partial charge in [-0.3, -0.25) is 0 Å². The highest BCUT2D eigenvalue weighted by atomic mass is 16.5. The molecular weight excluding hydrogens is 148 g/mol. The predicted octanol–water partition coefficient (Wildman–Crippen LogP) is 3.49. The van der Waals surface area contributed by atoms with Crippen molar-refractivity contribution in [1.29, 1.82) is 0 Å². The van der Waals surface area contributed by atoms with Crippen LogP contribution in [0.25, 0.3) is 0 Å². The van der Waals surface area contributed by atoms with E-state index in [9.17, 15) is 0 Å². The van der Waals surface area contributed by atoms with E-state index >= 15 is 0 Å². The maximum absolute atomic E-state index is 5.51. The van der Waals surface area contributed by atoms with Gasteiger partial charge in [-0.2, -0.15) is 0 Å². The van der Waals surface area contributed by atoms with E-state index in [0.29, 0.717) is 11.8 Å². The van der Waals surface area contributed by atoms with Gasteiger partial charge in [0.05, 0.1) is 6.26 Å². The summed E-state index contributed by atoms with van der Waals surface area (Å²) in [4.78, 5) is 0. The molecule has 0 saturated heterocycles. The summed E-state index contributed by atoms with van der Waals surface area (Å²) in [5.74, 6) is 2.28. The van der Waals surface area contributed by atoms with Crippen molar-refractivity contribution >= 4 is 0 Å². The Morgan fingerprint density at radius 2 is 1.83 bits per heavy atom. The third kappa shape index (κ3) is 1.90.